The zero-order valence-electron chi connectivity index (χ0n) is 14.7. The van der Waals surface area contributed by atoms with Gasteiger partial charge in [0.15, 0.2) is 5.96 Å². The molecule has 0 heterocycles. The maximum atomic E-state index is 11.8. The number of amides is 1. The first kappa shape index (κ1) is 18.8. The molecule has 6 heteroatoms. The zero-order valence-corrected chi connectivity index (χ0v) is 14.7. The van der Waals surface area contributed by atoms with Gasteiger partial charge in [0.25, 0.3) is 0 Å². The Bertz CT molecular complexity index is 518. The van der Waals surface area contributed by atoms with E-state index in [-0.39, 0.29) is 18.0 Å². The number of hydrogen-bond acceptors (Lipinski definition) is 3. The van der Waals surface area contributed by atoms with Gasteiger partial charge in [0.1, 0.15) is 5.75 Å². The second-order valence-electron chi connectivity index (χ2n) is 6.25. The van der Waals surface area contributed by atoms with Crippen LogP contribution in [0.4, 0.5) is 0 Å². The third-order valence-corrected chi connectivity index (χ3v) is 3.02. The Morgan fingerprint density at radius 1 is 1.17 bits per heavy atom. The molecule has 3 N–H and O–H groups in total. The number of aliphatic imine (C=N–C) groups is 1. The molecule has 0 radical (unpaired) electrons. The summed E-state index contributed by atoms with van der Waals surface area (Å²) in [5.74, 6) is 1.40. The summed E-state index contributed by atoms with van der Waals surface area (Å²) in [5.41, 5.74) is 0.976. The number of carbonyl (C=O) groups is 1. The van der Waals surface area contributed by atoms with Crippen LogP contribution in [0.15, 0.2) is 29.3 Å². The van der Waals surface area contributed by atoms with E-state index in [4.69, 9.17) is 4.74 Å². The molecule has 0 atom stereocenters. The van der Waals surface area contributed by atoms with Crippen LogP contribution in [-0.2, 0) is 11.2 Å². The minimum absolute atomic E-state index is 0.0596. The Labute approximate surface area is 138 Å². The fourth-order valence-electron chi connectivity index (χ4n) is 1.96. The van der Waals surface area contributed by atoms with Crippen molar-refractivity contribution in [3.8, 4) is 5.75 Å². The number of benzene rings is 1. The lowest BCUT2D eigenvalue weighted by atomic mass is 10.1. The monoisotopic (exact) mass is 320 g/mol. The Morgan fingerprint density at radius 3 is 2.35 bits per heavy atom. The van der Waals surface area contributed by atoms with Crippen molar-refractivity contribution in [2.75, 3.05) is 27.2 Å². The Hall–Kier alpha value is -2.24. The molecular weight excluding hydrogens is 292 g/mol. The van der Waals surface area contributed by atoms with E-state index in [1.54, 1.807) is 14.2 Å². The van der Waals surface area contributed by atoms with Crippen LogP contribution in [0.2, 0.25) is 0 Å². The number of ether oxygens (including phenoxy) is 1. The highest BCUT2D eigenvalue weighted by Crippen LogP contribution is 2.11. The maximum Gasteiger partial charge on any atom is 0.239 e. The highest BCUT2D eigenvalue weighted by Gasteiger charge is 2.13. The van der Waals surface area contributed by atoms with Crippen LogP contribution in [0.3, 0.4) is 0 Å². The van der Waals surface area contributed by atoms with E-state index in [9.17, 15) is 4.79 Å². The van der Waals surface area contributed by atoms with Crippen LogP contribution < -0.4 is 20.7 Å². The Morgan fingerprint density at radius 2 is 1.83 bits per heavy atom. The molecule has 1 aromatic carbocycles. The average Bonchev–Trinajstić information content (AvgIpc) is 2.49. The molecule has 0 unspecified atom stereocenters. The highest BCUT2D eigenvalue weighted by molar-refractivity contribution is 5.86. The predicted molar refractivity (Wildman–Crippen MR) is 94.0 cm³/mol. The number of nitrogens with zero attached hydrogens (tertiary/aromatic N) is 1. The van der Waals surface area contributed by atoms with Crippen LogP contribution in [-0.4, -0.2) is 44.7 Å². The van der Waals surface area contributed by atoms with Gasteiger partial charge in [0.05, 0.1) is 13.7 Å². The summed E-state index contributed by atoms with van der Waals surface area (Å²) in [5, 5.41) is 9.09. The summed E-state index contributed by atoms with van der Waals surface area (Å²) >= 11 is 0. The van der Waals surface area contributed by atoms with Gasteiger partial charge < -0.3 is 20.7 Å². The number of hydrogen-bond donors (Lipinski definition) is 3. The molecule has 23 heavy (non-hydrogen) atoms. The van der Waals surface area contributed by atoms with Crippen LogP contribution in [0.5, 0.6) is 5.75 Å². The molecule has 0 bridgehead atoms. The van der Waals surface area contributed by atoms with Crippen LogP contribution in [0.25, 0.3) is 0 Å². The molecule has 1 rings (SSSR count). The van der Waals surface area contributed by atoms with E-state index >= 15 is 0 Å². The van der Waals surface area contributed by atoms with Gasteiger partial charge >= 0.3 is 0 Å². The van der Waals surface area contributed by atoms with Crippen molar-refractivity contribution >= 4 is 11.9 Å². The lowest BCUT2D eigenvalue weighted by Crippen LogP contribution is -2.48. The molecule has 0 spiro atoms. The fourth-order valence-corrected chi connectivity index (χ4v) is 1.96. The summed E-state index contributed by atoms with van der Waals surface area (Å²) in [7, 11) is 3.34. The molecule has 0 aliphatic rings. The molecule has 0 aliphatic heterocycles. The Kier molecular flexibility index (Phi) is 7.38. The van der Waals surface area contributed by atoms with E-state index in [1.165, 1.54) is 5.56 Å². The molecule has 0 aromatic heterocycles. The van der Waals surface area contributed by atoms with Gasteiger partial charge in [-0.15, -0.1) is 0 Å². The van der Waals surface area contributed by atoms with Crippen molar-refractivity contribution in [1.29, 1.82) is 0 Å². The summed E-state index contributed by atoms with van der Waals surface area (Å²) in [6.45, 7) is 6.78. The van der Waals surface area contributed by atoms with E-state index in [1.807, 2.05) is 45.0 Å². The first-order valence-electron chi connectivity index (χ1n) is 7.72. The molecule has 1 aromatic rings. The van der Waals surface area contributed by atoms with Gasteiger partial charge in [-0.25, -0.2) is 0 Å². The van der Waals surface area contributed by atoms with Crippen LogP contribution in [0.1, 0.15) is 26.3 Å². The first-order chi connectivity index (χ1) is 10.8. The summed E-state index contributed by atoms with van der Waals surface area (Å²) in [6.07, 6.45) is 0.860. The van der Waals surface area contributed by atoms with Crippen molar-refractivity contribution in [3.05, 3.63) is 29.8 Å². The number of rotatable bonds is 6. The smallest absolute Gasteiger partial charge is 0.239 e. The standard InChI is InChI=1S/C17H28N4O2/c1-17(2,3)21-15(22)12-20-16(18-4)19-11-10-13-6-8-14(23-5)9-7-13/h6-9H,10-12H2,1-5H3,(H,21,22)(H2,18,19,20). The van der Waals surface area contributed by atoms with Gasteiger partial charge in [-0.1, -0.05) is 12.1 Å². The fraction of sp³-hybridized carbons (Fsp3) is 0.529. The largest absolute Gasteiger partial charge is 0.497 e. The molecule has 0 saturated heterocycles. The number of nitrogens with one attached hydrogen (secondary N) is 3. The van der Waals surface area contributed by atoms with Crippen molar-refractivity contribution in [2.24, 2.45) is 4.99 Å². The van der Waals surface area contributed by atoms with E-state index < -0.39 is 0 Å². The predicted octanol–water partition coefficient (Wildman–Crippen LogP) is 1.32. The summed E-state index contributed by atoms with van der Waals surface area (Å²) in [6, 6.07) is 7.96. The topological polar surface area (TPSA) is 74.8 Å². The number of carbonyl (C=O) groups excluding carboxylic acids is 1. The van der Waals surface area contributed by atoms with Gasteiger partial charge in [0, 0.05) is 19.1 Å². The van der Waals surface area contributed by atoms with E-state index in [2.05, 4.69) is 20.9 Å². The van der Waals surface area contributed by atoms with Gasteiger partial charge in [-0.05, 0) is 44.9 Å². The average molecular weight is 320 g/mol. The van der Waals surface area contributed by atoms with Crippen LogP contribution in [0, 0.1) is 0 Å². The maximum absolute atomic E-state index is 11.8. The van der Waals surface area contributed by atoms with Crippen LogP contribution >= 0.6 is 0 Å². The molecular formula is C17H28N4O2. The number of guanidine groups is 1. The normalized spacial score (nSPS) is 11.8. The van der Waals surface area contributed by atoms with Crippen molar-refractivity contribution in [1.82, 2.24) is 16.0 Å². The Balaban J connectivity index is 2.32. The highest BCUT2D eigenvalue weighted by atomic mass is 16.5. The SMILES string of the molecule is CN=C(NCCc1ccc(OC)cc1)NCC(=O)NC(C)(C)C. The van der Waals surface area contributed by atoms with E-state index in [0.29, 0.717) is 5.96 Å². The third-order valence-electron chi connectivity index (χ3n) is 3.02. The molecule has 0 aliphatic carbocycles. The zero-order chi connectivity index (χ0) is 17.3. The summed E-state index contributed by atoms with van der Waals surface area (Å²) in [4.78, 5) is 15.9. The summed E-state index contributed by atoms with van der Waals surface area (Å²) < 4.78 is 5.14. The second kappa shape index (κ2) is 9.02. The molecule has 0 saturated carbocycles. The molecule has 6 nitrogen and oxygen atoms in total. The quantitative estimate of drug-likeness (QED) is 0.546. The van der Waals surface area contributed by atoms with E-state index in [0.717, 1.165) is 18.7 Å². The lowest BCUT2D eigenvalue weighted by Gasteiger charge is -2.21. The molecule has 128 valence electrons. The van der Waals surface area contributed by atoms with Gasteiger partial charge in [-0.2, -0.15) is 0 Å². The number of methoxy groups -OCH3 is 1. The molecule has 1 amide bonds. The lowest BCUT2D eigenvalue weighted by molar-refractivity contribution is -0.121. The molecule has 0 fully saturated rings. The van der Waals surface area contributed by atoms with Crippen molar-refractivity contribution in [3.63, 3.8) is 0 Å². The van der Waals surface area contributed by atoms with Gasteiger partial charge in [0.2, 0.25) is 5.91 Å². The third kappa shape index (κ3) is 8.09. The minimum atomic E-state index is -0.232. The van der Waals surface area contributed by atoms with Crippen molar-refractivity contribution in [2.45, 2.75) is 32.7 Å². The second-order valence-corrected chi connectivity index (χ2v) is 6.25. The minimum Gasteiger partial charge on any atom is -0.497 e. The van der Waals surface area contributed by atoms with Gasteiger partial charge in [-0.3, -0.25) is 9.79 Å². The first-order valence-corrected chi connectivity index (χ1v) is 7.72. The van der Waals surface area contributed by atoms with Crippen molar-refractivity contribution < 1.29 is 9.53 Å².